The Bertz CT molecular complexity index is 929. The summed E-state index contributed by atoms with van der Waals surface area (Å²) < 4.78 is 77.7. The average Bonchev–Trinajstić information content (AvgIpc) is 3.48. The van der Waals surface area contributed by atoms with Crippen molar-refractivity contribution in [1.29, 1.82) is 0 Å². The minimum Gasteiger partial charge on any atom is -0.506 e. The summed E-state index contributed by atoms with van der Waals surface area (Å²) in [7, 11) is -2.73. The van der Waals surface area contributed by atoms with Crippen molar-refractivity contribution in [2.75, 3.05) is 53.4 Å². The van der Waals surface area contributed by atoms with Gasteiger partial charge in [0.2, 0.25) is 0 Å². The van der Waals surface area contributed by atoms with Gasteiger partial charge in [0.25, 0.3) is 0 Å². The lowest BCUT2D eigenvalue weighted by Gasteiger charge is -2.24. The van der Waals surface area contributed by atoms with Gasteiger partial charge < -0.3 is 48.4 Å². The van der Waals surface area contributed by atoms with E-state index in [9.17, 15) is 24.0 Å². The van der Waals surface area contributed by atoms with Crippen LogP contribution in [0.25, 0.3) is 0 Å². The molecule has 3 heterocycles. The van der Waals surface area contributed by atoms with Gasteiger partial charge in [-0.15, -0.1) is 0 Å². The summed E-state index contributed by atoms with van der Waals surface area (Å²) in [6, 6.07) is -1.45. The number of phosphoric acid groups is 2. The first kappa shape index (κ1) is 33.0. The lowest BCUT2D eigenvalue weighted by molar-refractivity contribution is -0.0426. The molecule has 7 unspecified atom stereocenters. The highest BCUT2D eigenvalue weighted by atomic mass is 31.2. The molecule has 10 atom stereocenters. The predicted molar refractivity (Wildman–Crippen MR) is 138 cm³/mol. The normalized spacial score (nSPS) is 36.1. The van der Waals surface area contributed by atoms with E-state index in [1.54, 1.807) is 23.5 Å². The van der Waals surface area contributed by atoms with Crippen LogP contribution in [0.5, 0.6) is 0 Å². The Labute approximate surface area is 228 Å². The molecule has 222 valence electrons. The molecule has 0 aliphatic carbocycles. The van der Waals surface area contributed by atoms with Crippen molar-refractivity contribution in [2.24, 2.45) is 0 Å². The third-order valence-corrected chi connectivity index (χ3v) is 8.25. The molecule has 0 spiro atoms. The van der Waals surface area contributed by atoms with Crippen LogP contribution >= 0.6 is 15.6 Å². The standard InChI is InChI=1S/C18H35B3O16P2/c1-28-15-12(23)9(35-18(15)21)8-34-39(26,27)37-11-7-32-17(20)14(11)30-4-5-33-38(24,25)36-10-6-31-16(19)13(10)29-3-2-22/h10-11,13-18,22-23H,2-8,19-21H2,1H3,(H,24,25)(H,26,27)/t10-,11-,13?,14?,15-,16?,17?,18?/m0/s1. The molecule has 3 rings (SSSR count). The summed E-state index contributed by atoms with van der Waals surface area (Å²) in [5, 5.41) is 19.1. The van der Waals surface area contributed by atoms with E-state index in [0.29, 0.717) is 0 Å². The van der Waals surface area contributed by atoms with Crippen molar-refractivity contribution < 1.29 is 75.6 Å². The van der Waals surface area contributed by atoms with Crippen molar-refractivity contribution in [1.82, 2.24) is 0 Å². The van der Waals surface area contributed by atoms with Crippen molar-refractivity contribution in [3.8, 4) is 0 Å². The fourth-order valence-electron chi connectivity index (χ4n) is 4.35. The van der Waals surface area contributed by atoms with E-state index in [1.807, 2.05) is 0 Å². The van der Waals surface area contributed by atoms with Crippen LogP contribution in [0.4, 0.5) is 0 Å². The minimum absolute atomic E-state index is 0.00984. The highest BCUT2D eigenvalue weighted by molar-refractivity contribution is 7.47. The summed E-state index contributed by atoms with van der Waals surface area (Å²) >= 11 is 0. The number of phosphoric ester groups is 2. The lowest BCUT2D eigenvalue weighted by Crippen LogP contribution is -2.36. The first-order valence-electron chi connectivity index (χ1n) is 12.4. The van der Waals surface area contributed by atoms with Crippen LogP contribution in [-0.4, -0.2) is 145 Å². The van der Waals surface area contributed by atoms with Gasteiger partial charge in [-0.05, 0) is 0 Å². The Hall–Kier alpha value is -0.485. The molecule has 21 heteroatoms. The number of hydrogen-bond donors (Lipinski definition) is 4. The smallest absolute Gasteiger partial charge is 0.473 e. The maximum absolute atomic E-state index is 12.5. The van der Waals surface area contributed by atoms with E-state index in [0.717, 1.165) is 0 Å². The van der Waals surface area contributed by atoms with Crippen LogP contribution < -0.4 is 0 Å². The van der Waals surface area contributed by atoms with Gasteiger partial charge in [-0.3, -0.25) is 18.1 Å². The highest BCUT2D eigenvalue weighted by Crippen LogP contribution is 2.48. The molecule has 16 nitrogen and oxygen atoms in total. The predicted octanol–water partition coefficient (Wildman–Crippen LogP) is -3.49. The Morgan fingerprint density at radius 1 is 0.872 bits per heavy atom. The molecule has 4 N–H and O–H groups in total. The number of methoxy groups -OCH3 is 1. The maximum atomic E-state index is 12.5. The average molecular weight is 602 g/mol. The van der Waals surface area contributed by atoms with E-state index in [2.05, 4.69) is 0 Å². The van der Waals surface area contributed by atoms with Crippen molar-refractivity contribution >= 4 is 39.2 Å². The van der Waals surface area contributed by atoms with Crippen molar-refractivity contribution in [3.63, 3.8) is 0 Å². The molecule has 0 saturated carbocycles. The quantitative estimate of drug-likeness (QED) is 0.0769. The molecule has 3 aliphatic rings. The molecule has 39 heavy (non-hydrogen) atoms. The van der Waals surface area contributed by atoms with E-state index in [1.165, 1.54) is 7.11 Å². The van der Waals surface area contributed by atoms with Gasteiger partial charge in [0.1, 0.15) is 52.8 Å². The van der Waals surface area contributed by atoms with E-state index in [-0.39, 0.29) is 51.2 Å². The molecule has 0 bridgehead atoms. The third kappa shape index (κ3) is 9.25. The Kier molecular flexibility index (Phi) is 12.4. The molecule has 0 aromatic heterocycles. The van der Waals surface area contributed by atoms with Crippen LogP contribution in [-0.2, 0) is 55.6 Å². The highest BCUT2D eigenvalue weighted by Gasteiger charge is 2.43. The van der Waals surface area contributed by atoms with E-state index in [4.69, 9.17) is 51.6 Å². The van der Waals surface area contributed by atoms with Gasteiger partial charge in [0, 0.05) is 7.11 Å². The lowest BCUT2D eigenvalue weighted by atomic mass is 9.94. The molecule has 0 radical (unpaired) electrons. The second-order valence-electron chi connectivity index (χ2n) is 9.09. The summed E-state index contributed by atoms with van der Waals surface area (Å²) in [6.45, 7) is -1.37. The van der Waals surface area contributed by atoms with Crippen molar-refractivity contribution in [3.05, 3.63) is 11.5 Å². The Balaban J connectivity index is 1.44. The molecule has 0 aromatic carbocycles. The number of rotatable bonds is 16. The zero-order valence-electron chi connectivity index (χ0n) is 22.2. The second kappa shape index (κ2) is 14.6. The fourth-order valence-corrected chi connectivity index (χ4v) is 6.10. The van der Waals surface area contributed by atoms with Crippen LogP contribution in [0.15, 0.2) is 11.5 Å². The monoisotopic (exact) mass is 602 g/mol. The van der Waals surface area contributed by atoms with Crippen LogP contribution in [0, 0.1) is 0 Å². The number of aliphatic hydroxyl groups is 2. The summed E-state index contributed by atoms with van der Waals surface area (Å²) in [6.07, 6.45) is -4.09. The molecular formula is C18H35B3O16P2. The van der Waals surface area contributed by atoms with E-state index < -0.39 is 70.8 Å². The van der Waals surface area contributed by atoms with Gasteiger partial charge in [0.05, 0.1) is 57.7 Å². The van der Waals surface area contributed by atoms with Crippen LogP contribution in [0.3, 0.4) is 0 Å². The maximum Gasteiger partial charge on any atom is 0.473 e. The minimum atomic E-state index is -4.64. The largest absolute Gasteiger partial charge is 0.506 e. The third-order valence-electron chi connectivity index (χ3n) is 6.21. The van der Waals surface area contributed by atoms with E-state index >= 15 is 0 Å². The van der Waals surface area contributed by atoms with Gasteiger partial charge in [-0.25, -0.2) is 9.13 Å². The molecule has 3 aliphatic heterocycles. The first-order valence-corrected chi connectivity index (χ1v) is 15.4. The summed E-state index contributed by atoms with van der Waals surface area (Å²) in [5.74, 6) is -0.286. The van der Waals surface area contributed by atoms with Gasteiger partial charge in [-0.2, -0.15) is 0 Å². The van der Waals surface area contributed by atoms with Gasteiger partial charge in [0.15, 0.2) is 19.4 Å². The summed E-state index contributed by atoms with van der Waals surface area (Å²) in [4.78, 5) is 20.3. The Morgan fingerprint density at radius 2 is 1.41 bits per heavy atom. The summed E-state index contributed by atoms with van der Waals surface area (Å²) in [5.41, 5.74) is 0. The zero-order valence-corrected chi connectivity index (χ0v) is 23.9. The second-order valence-corrected chi connectivity index (χ2v) is 11.9. The van der Waals surface area contributed by atoms with Crippen molar-refractivity contribution in [2.45, 2.75) is 48.5 Å². The van der Waals surface area contributed by atoms with Gasteiger partial charge >= 0.3 is 15.6 Å². The topological polar surface area (TPSA) is 207 Å². The SMILES string of the molecule is BC1OC[C@H](OP(=O)(O)OCCOC2C(B)OC[C@@H]2OP(=O)(O)OCC2=C(O)[C@H](OC)C(B)O2)C1OCCO. The van der Waals surface area contributed by atoms with Crippen LogP contribution in [0.1, 0.15) is 0 Å². The van der Waals surface area contributed by atoms with Crippen LogP contribution in [0.2, 0.25) is 0 Å². The van der Waals surface area contributed by atoms with Gasteiger partial charge in [-0.1, -0.05) is 0 Å². The first-order chi connectivity index (χ1) is 18.4. The fraction of sp³-hybridized carbons (Fsp3) is 0.889. The molecule has 0 amide bonds. The molecule has 0 aromatic rings. The Morgan fingerprint density at radius 3 is 1.92 bits per heavy atom. The molecule has 2 saturated heterocycles. The number of aliphatic hydroxyl groups excluding tert-OH is 2. The molecule has 2 fully saturated rings. The number of hydrogen-bond acceptors (Lipinski definition) is 14. The zero-order chi connectivity index (χ0) is 28.8. The number of ether oxygens (including phenoxy) is 6. The molecular weight excluding hydrogens is 567 g/mol.